The summed E-state index contributed by atoms with van der Waals surface area (Å²) in [7, 11) is 0. The van der Waals surface area contributed by atoms with E-state index in [0.29, 0.717) is 5.56 Å². The number of amides is 1. The van der Waals surface area contributed by atoms with Crippen molar-refractivity contribution < 1.29 is 4.79 Å². The summed E-state index contributed by atoms with van der Waals surface area (Å²) < 4.78 is -0.306. The lowest BCUT2D eigenvalue weighted by Crippen LogP contribution is -2.09. The molecule has 0 spiro atoms. The third-order valence-electron chi connectivity index (χ3n) is 1.69. The Morgan fingerprint density at radius 2 is 1.64 bits per heavy atom. The van der Waals surface area contributed by atoms with Crippen LogP contribution in [0.25, 0.3) is 0 Å². The third-order valence-corrected chi connectivity index (χ3v) is 2.44. The molecule has 0 saturated heterocycles. The number of nitrogens with two attached hydrogens (primary N) is 1. The molecule has 2 N–H and O–H groups in total. The number of alkyl halides is 2. The molecule has 2 rings (SSSR count). The molecule has 0 aliphatic heterocycles. The van der Waals surface area contributed by atoms with Crippen molar-refractivity contribution in [2.24, 2.45) is 5.73 Å². The zero-order valence-corrected chi connectivity index (χ0v) is 9.05. The van der Waals surface area contributed by atoms with Gasteiger partial charge in [-0.15, -0.1) is 23.2 Å². The van der Waals surface area contributed by atoms with Gasteiger partial charge in [0.1, 0.15) is 4.33 Å². The van der Waals surface area contributed by atoms with Crippen LogP contribution in [0.1, 0.15) is 23.2 Å². The lowest BCUT2D eigenvalue weighted by molar-refractivity contribution is 0.100. The number of hydrogen-bond acceptors (Lipinski definition) is 1. The van der Waals surface area contributed by atoms with Gasteiger partial charge in [-0.25, -0.2) is 0 Å². The Morgan fingerprint density at radius 1 is 1.21 bits per heavy atom. The summed E-state index contributed by atoms with van der Waals surface area (Å²) in [5.41, 5.74) is 5.53. The molecule has 0 heterocycles. The molecule has 0 aromatic heterocycles. The maximum absolute atomic E-state index is 10.4. The van der Waals surface area contributed by atoms with Gasteiger partial charge in [0.05, 0.1) is 0 Å². The van der Waals surface area contributed by atoms with Crippen LogP contribution in [0.4, 0.5) is 0 Å². The Kier molecular flexibility index (Phi) is 3.78. The van der Waals surface area contributed by atoms with Crippen molar-refractivity contribution in [3.8, 4) is 0 Å². The molecule has 4 heteroatoms. The van der Waals surface area contributed by atoms with Crippen molar-refractivity contribution in [3.05, 3.63) is 35.9 Å². The first-order chi connectivity index (χ1) is 6.51. The highest BCUT2D eigenvalue weighted by molar-refractivity contribution is 6.50. The predicted molar refractivity (Wildman–Crippen MR) is 58.6 cm³/mol. The lowest BCUT2D eigenvalue weighted by atomic mass is 10.2. The van der Waals surface area contributed by atoms with Crippen molar-refractivity contribution in [3.63, 3.8) is 0 Å². The largest absolute Gasteiger partial charge is 0.366 e. The first kappa shape index (κ1) is 11.3. The van der Waals surface area contributed by atoms with E-state index < -0.39 is 0 Å². The van der Waals surface area contributed by atoms with Gasteiger partial charge in [-0.2, -0.15) is 0 Å². The second-order valence-corrected chi connectivity index (χ2v) is 4.73. The zero-order chi connectivity index (χ0) is 10.6. The normalized spacial score (nSPS) is 16.4. The second-order valence-electron chi connectivity index (χ2n) is 3.09. The molecule has 0 atom stereocenters. The highest BCUT2D eigenvalue weighted by Gasteiger charge is 2.37. The van der Waals surface area contributed by atoms with Crippen LogP contribution in [0.5, 0.6) is 0 Å². The third kappa shape index (κ3) is 4.49. The first-order valence-corrected chi connectivity index (χ1v) is 4.99. The summed E-state index contributed by atoms with van der Waals surface area (Å²) in [5.74, 6) is -0.379. The molecule has 1 aliphatic rings. The van der Waals surface area contributed by atoms with Crippen LogP contribution in [0, 0.1) is 0 Å². The Balaban J connectivity index is 0.000000165. The van der Waals surface area contributed by atoms with E-state index in [4.69, 9.17) is 28.9 Å². The topological polar surface area (TPSA) is 43.1 Å². The molecule has 0 radical (unpaired) electrons. The molecular formula is C10H11Cl2NO. The number of benzene rings is 1. The van der Waals surface area contributed by atoms with Gasteiger partial charge in [0.15, 0.2) is 0 Å². The van der Waals surface area contributed by atoms with Crippen molar-refractivity contribution >= 4 is 29.1 Å². The molecule has 1 amide bonds. The molecule has 76 valence electrons. The second kappa shape index (κ2) is 4.67. The highest BCUT2D eigenvalue weighted by Crippen LogP contribution is 2.46. The van der Waals surface area contributed by atoms with Crippen molar-refractivity contribution in [2.45, 2.75) is 17.2 Å². The Morgan fingerprint density at radius 3 is 1.86 bits per heavy atom. The van der Waals surface area contributed by atoms with E-state index in [1.165, 1.54) is 0 Å². The SMILES string of the molecule is ClC1(Cl)CC1.NC(=O)c1ccccc1. The number of carbonyl (C=O) groups is 1. The minimum Gasteiger partial charge on any atom is -0.366 e. The minimum atomic E-state index is -0.379. The summed E-state index contributed by atoms with van der Waals surface area (Å²) >= 11 is 10.8. The smallest absolute Gasteiger partial charge is 0.248 e. The molecule has 1 aromatic rings. The van der Waals surface area contributed by atoms with Gasteiger partial charge in [0.25, 0.3) is 0 Å². The average Bonchev–Trinajstić information content (AvgIpc) is 2.84. The molecule has 2 nitrogen and oxygen atoms in total. The maximum Gasteiger partial charge on any atom is 0.248 e. The van der Waals surface area contributed by atoms with Crippen LogP contribution in [0.15, 0.2) is 30.3 Å². The molecule has 1 aliphatic carbocycles. The zero-order valence-electron chi connectivity index (χ0n) is 7.54. The Hall–Kier alpha value is -0.730. The van der Waals surface area contributed by atoms with Gasteiger partial charge >= 0.3 is 0 Å². The van der Waals surface area contributed by atoms with Crippen LogP contribution in [0.2, 0.25) is 0 Å². The van der Waals surface area contributed by atoms with E-state index in [0.717, 1.165) is 12.8 Å². The van der Waals surface area contributed by atoms with Crippen LogP contribution in [-0.4, -0.2) is 10.2 Å². The van der Waals surface area contributed by atoms with E-state index in [2.05, 4.69) is 0 Å². The first-order valence-electron chi connectivity index (χ1n) is 4.24. The molecule has 0 unspecified atom stereocenters. The quantitative estimate of drug-likeness (QED) is 0.743. The fourth-order valence-corrected chi connectivity index (χ4v) is 0.886. The standard InChI is InChI=1S/C7H7NO.C3H4Cl2/c8-7(9)6-4-2-1-3-5-6;4-3(5)1-2-3/h1-5H,(H2,8,9);1-2H2. The van der Waals surface area contributed by atoms with Gasteiger partial charge in [0, 0.05) is 5.56 Å². The molecule has 1 fully saturated rings. The van der Waals surface area contributed by atoms with Gasteiger partial charge in [-0.1, -0.05) is 18.2 Å². The Bertz CT molecular complexity index is 305. The molecule has 0 bridgehead atoms. The summed E-state index contributed by atoms with van der Waals surface area (Å²) in [4.78, 5) is 10.4. The fourth-order valence-electron chi connectivity index (χ4n) is 0.697. The summed E-state index contributed by atoms with van der Waals surface area (Å²) in [5, 5.41) is 0. The number of hydrogen-bond donors (Lipinski definition) is 1. The number of primary amides is 1. The van der Waals surface area contributed by atoms with E-state index >= 15 is 0 Å². The maximum atomic E-state index is 10.4. The lowest BCUT2D eigenvalue weighted by Gasteiger charge is -1.89. The van der Waals surface area contributed by atoms with E-state index in [1.807, 2.05) is 6.07 Å². The van der Waals surface area contributed by atoms with Gasteiger partial charge in [0.2, 0.25) is 5.91 Å². The van der Waals surface area contributed by atoms with E-state index in [1.54, 1.807) is 24.3 Å². The summed E-state index contributed by atoms with van der Waals surface area (Å²) in [6.45, 7) is 0. The van der Waals surface area contributed by atoms with Gasteiger partial charge in [-0.3, -0.25) is 4.79 Å². The van der Waals surface area contributed by atoms with Crippen molar-refractivity contribution in [1.82, 2.24) is 0 Å². The average molecular weight is 232 g/mol. The molecular weight excluding hydrogens is 221 g/mol. The summed E-state index contributed by atoms with van der Waals surface area (Å²) in [6.07, 6.45) is 1.96. The van der Waals surface area contributed by atoms with Crippen LogP contribution in [-0.2, 0) is 0 Å². The summed E-state index contributed by atoms with van der Waals surface area (Å²) in [6, 6.07) is 8.76. The number of rotatable bonds is 1. The van der Waals surface area contributed by atoms with Crippen LogP contribution < -0.4 is 5.73 Å². The fraction of sp³-hybridized carbons (Fsp3) is 0.300. The molecule has 1 saturated carbocycles. The molecule has 1 aromatic carbocycles. The van der Waals surface area contributed by atoms with Gasteiger partial charge in [-0.05, 0) is 25.0 Å². The minimum absolute atomic E-state index is 0.306. The van der Waals surface area contributed by atoms with Crippen LogP contribution >= 0.6 is 23.2 Å². The van der Waals surface area contributed by atoms with Crippen LogP contribution in [0.3, 0.4) is 0 Å². The van der Waals surface area contributed by atoms with Crippen molar-refractivity contribution in [1.29, 1.82) is 0 Å². The van der Waals surface area contributed by atoms with E-state index in [-0.39, 0.29) is 10.2 Å². The predicted octanol–water partition coefficient (Wildman–Crippen LogP) is 2.74. The Labute approximate surface area is 93.0 Å². The van der Waals surface area contributed by atoms with Gasteiger partial charge < -0.3 is 5.73 Å². The molecule has 14 heavy (non-hydrogen) atoms. The number of halogens is 2. The van der Waals surface area contributed by atoms with E-state index in [9.17, 15) is 4.79 Å². The highest BCUT2D eigenvalue weighted by atomic mass is 35.5. The van der Waals surface area contributed by atoms with Crippen molar-refractivity contribution in [2.75, 3.05) is 0 Å². The number of carbonyl (C=O) groups excluding carboxylic acids is 1. The monoisotopic (exact) mass is 231 g/mol.